The Morgan fingerprint density at radius 2 is 1.79 bits per heavy atom. The summed E-state index contributed by atoms with van der Waals surface area (Å²) in [5, 5.41) is 1.89. The standard InChI is InChI=1S/C17H18N4O2S/c1-21(2)17-18-10-9-15(20-17)12-19-24(22,23)16-8-7-13-5-3-4-6-14(13)11-16/h3-11,19H,12H2,1-2H3. The van der Waals surface area contributed by atoms with E-state index in [0.717, 1.165) is 10.8 Å². The van der Waals surface area contributed by atoms with Crippen molar-refractivity contribution in [1.82, 2.24) is 14.7 Å². The van der Waals surface area contributed by atoms with Crippen LogP contribution in [0, 0.1) is 0 Å². The molecule has 0 aliphatic rings. The number of hydrogen-bond donors (Lipinski definition) is 1. The normalized spacial score (nSPS) is 11.6. The summed E-state index contributed by atoms with van der Waals surface area (Å²) in [6, 6.07) is 14.4. The largest absolute Gasteiger partial charge is 0.347 e. The van der Waals surface area contributed by atoms with Crippen LogP contribution in [0.3, 0.4) is 0 Å². The molecular formula is C17H18N4O2S. The molecule has 3 rings (SSSR count). The molecule has 0 radical (unpaired) electrons. The molecule has 1 aromatic heterocycles. The molecule has 0 unspecified atom stereocenters. The van der Waals surface area contributed by atoms with Crippen molar-refractivity contribution in [3.05, 3.63) is 60.4 Å². The summed E-state index contributed by atoms with van der Waals surface area (Å²) in [7, 11) is 0.0564. The SMILES string of the molecule is CN(C)c1nccc(CNS(=O)(=O)c2ccc3ccccc3c2)n1. The predicted octanol–water partition coefficient (Wildman–Crippen LogP) is 2.17. The Morgan fingerprint density at radius 3 is 2.54 bits per heavy atom. The van der Waals surface area contributed by atoms with Gasteiger partial charge in [0.15, 0.2) is 0 Å². The van der Waals surface area contributed by atoms with Crippen molar-refractivity contribution in [2.24, 2.45) is 0 Å². The molecule has 0 fully saturated rings. The fourth-order valence-electron chi connectivity index (χ4n) is 2.29. The number of nitrogens with zero attached hydrogens (tertiary/aromatic N) is 3. The van der Waals surface area contributed by atoms with Gasteiger partial charge in [0.05, 0.1) is 17.1 Å². The van der Waals surface area contributed by atoms with E-state index in [2.05, 4.69) is 14.7 Å². The van der Waals surface area contributed by atoms with Crippen molar-refractivity contribution in [1.29, 1.82) is 0 Å². The summed E-state index contributed by atoms with van der Waals surface area (Å²) in [6.07, 6.45) is 1.61. The summed E-state index contributed by atoms with van der Waals surface area (Å²) in [6.45, 7) is 0.110. The summed E-state index contributed by atoms with van der Waals surface area (Å²) >= 11 is 0. The lowest BCUT2D eigenvalue weighted by atomic mass is 10.1. The smallest absolute Gasteiger partial charge is 0.240 e. The van der Waals surface area contributed by atoms with E-state index >= 15 is 0 Å². The Morgan fingerprint density at radius 1 is 1.04 bits per heavy atom. The third-order valence-electron chi connectivity index (χ3n) is 3.58. The van der Waals surface area contributed by atoms with E-state index in [4.69, 9.17) is 0 Å². The van der Waals surface area contributed by atoms with Gasteiger partial charge < -0.3 is 4.90 Å². The Hall–Kier alpha value is -2.51. The quantitative estimate of drug-likeness (QED) is 0.769. The molecule has 0 bridgehead atoms. The van der Waals surface area contributed by atoms with Crippen molar-refractivity contribution >= 4 is 26.7 Å². The van der Waals surface area contributed by atoms with Crippen LogP contribution in [0.25, 0.3) is 10.8 Å². The van der Waals surface area contributed by atoms with Gasteiger partial charge in [-0.05, 0) is 29.0 Å². The van der Waals surface area contributed by atoms with Crippen LogP contribution < -0.4 is 9.62 Å². The van der Waals surface area contributed by atoms with E-state index in [1.807, 2.05) is 38.4 Å². The van der Waals surface area contributed by atoms with Crippen LogP contribution in [0.5, 0.6) is 0 Å². The summed E-state index contributed by atoms with van der Waals surface area (Å²) in [5.74, 6) is 0.539. The highest BCUT2D eigenvalue weighted by Gasteiger charge is 2.14. The first-order valence-corrected chi connectivity index (χ1v) is 8.92. The molecule has 1 heterocycles. The maximum Gasteiger partial charge on any atom is 0.240 e. The number of sulfonamides is 1. The zero-order chi connectivity index (χ0) is 17.2. The van der Waals surface area contributed by atoms with Crippen LogP contribution in [0.1, 0.15) is 5.69 Å². The van der Waals surface area contributed by atoms with E-state index in [-0.39, 0.29) is 11.4 Å². The summed E-state index contributed by atoms with van der Waals surface area (Å²) in [5.41, 5.74) is 0.609. The second kappa shape index (κ2) is 6.54. The molecule has 0 saturated heterocycles. The molecule has 2 aromatic carbocycles. The number of benzene rings is 2. The molecule has 6 nitrogen and oxygen atoms in total. The molecule has 24 heavy (non-hydrogen) atoms. The van der Waals surface area contributed by atoms with Crippen molar-refractivity contribution < 1.29 is 8.42 Å². The van der Waals surface area contributed by atoms with Gasteiger partial charge in [-0.3, -0.25) is 0 Å². The summed E-state index contributed by atoms with van der Waals surface area (Å²) in [4.78, 5) is 10.4. The number of anilines is 1. The van der Waals surface area contributed by atoms with Crippen LogP contribution in [-0.4, -0.2) is 32.5 Å². The monoisotopic (exact) mass is 342 g/mol. The van der Waals surface area contributed by atoms with Gasteiger partial charge in [-0.25, -0.2) is 23.1 Å². The van der Waals surface area contributed by atoms with Gasteiger partial charge in [-0.1, -0.05) is 30.3 Å². The predicted molar refractivity (Wildman–Crippen MR) is 94.3 cm³/mol. The second-order valence-corrected chi connectivity index (χ2v) is 7.34. The molecule has 0 aliphatic carbocycles. The van der Waals surface area contributed by atoms with Crippen molar-refractivity contribution in [2.75, 3.05) is 19.0 Å². The third-order valence-corrected chi connectivity index (χ3v) is 4.97. The Labute approximate surface area is 141 Å². The number of hydrogen-bond acceptors (Lipinski definition) is 5. The first-order valence-electron chi connectivity index (χ1n) is 7.43. The first kappa shape index (κ1) is 16.4. The van der Waals surface area contributed by atoms with Gasteiger partial charge >= 0.3 is 0 Å². The average Bonchev–Trinajstić information content (AvgIpc) is 2.60. The fourth-order valence-corrected chi connectivity index (χ4v) is 3.32. The van der Waals surface area contributed by atoms with Gasteiger partial charge in [0.25, 0.3) is 0 Å². The van der Waals surface area contributed by atoms with Gasteiger partial charge in [0, 0.05) is 20.3 Å². The van der Waals surface area contributed by atoms with E-state index in [1.165, 1.54) is 0 Å². The minimum atomic E-state index is -3.61. The zero-order valence-electron chi connectivity index (χ0n) is 13.5. The molecule has 0 saturated carbocycles. The Balaban J connectivity index is 1.81. The lowest BCUT2D eigenvalue weighted by Crippen LogP contribution is -2.24. The average molecular weight is 342 g/mol. The van der Waals surface area contributed by atoms with Gasteiger partial charge in [-0.15, -0.1) is 0 Å². The second-order valence-electron chi connectivity index (χ2n) is 5.58. The van der Waals surface area contributed by atoms with Crippen molar-refractivity contribution in [3.63, 3.8) is 0 Å². The van der Waals surface area contributed by atoms with Crippen LogP contribution in [-0.2, 0) is 16.6 Å². The molecule has 0 atom stereocenters. The highest BCUT2D eigenvalue weighted by molar-refractivity contribution is 7.89. The van der Waals surface area contributed by atoms with Crippen LogP contribution in [0.4, 0.5) is 5.95 Å². The van der Waals surface area contributed by atoms with Crippen molar-refractivity contribution in [2.45, 2.75) is 11.4 Å². The Kier molecular flexibility index (Phi) is 4.46. The minimum absolute atomic E-state index is 0.110. The maximum absolute atomic E-state index is 12.5. The number of aromatic nitrogens is 2. The van der Waals surface area contributed by atoms with Gasteiger partial charge in [0.2, 0.25) is 16.0 Å². The van der Waals surface area contributed by atoms with Crippen LogP contribution >= 0.6 is 0 Å². The lowest BCUT2D eigenvalue weighted by molar-refractivity contribution is 0.580. The van der Waals surface area contributed by atoms with Crippen LogP contribution in [0.2, 0.25) is 0 Å². The fraction of sp³-hybridized carbons (Fsp3) is 0.176. The van der Waals surface area contributed by atoms with E-state index in [0.29, 0.717) is 11.6 Å². The van der Waals surface area contributed by atoms with Gasteiger partial charge in [0.1, 0.15) is 0 Å². The van der Waals surface area contributed by atoms with Crippen molar-refractivity contribution in [3.8, 4) is 0 Å². The topological polar surface area (TPSA) is 75.2 Å². The highest BCUT2D eigenvalue weighted by atomic mass is 32.2. The molecule has 3 aromatic rings. The molecule has 0 amide bonds. The number of nitrogens with one attached hydrogen (secondary N) is 1. The van der Waals surface area contributed by atoms with Crippen LogP contribution in [0.15, 0.2) is 59.6 Å². The molecule has 0 spiro atoms. The summed E-state index contributed by atoms with van der Waals surface area (Å²) < 4.78 is 27.6. The van der Waals surface area contributed by atoms with Gasteiger partial charge in [-0.2, -0.15) is 0 Å². The number of rotatable bonds is 5. The lowest BCUT2D eigenvalue weighted by Gasteiger charge is -2.11. The zero-order valence-corrected chi connectivity index (χ0v) is 14.3. The molecule has 0 aliphatic heterocycles. The maximum atomic E-state index is 12.5. The number of fused-ring (bicyclic) bond motifs is 1. The molecule has 124 valence electrons. The van der Waals surface area contributed by atoms with E-state index in [9.17, 15) is 8.42 Å². The molecule has 1 N–H and O–H groups in total. The molecular weight excluding hydrogens is 324 g/mol. The minimum Gasteiger partial charge on any atom is -0.347 e. The third kappa shape index (κ3) is 3.52. The Bertz CT molecular complexity index is 971. The first-order chi connectivity index (χ1) is 11.5. The highest BCUT2D eigenvalue weighted by Crippen LogP contribution is 2.19. The molecule has 7 heteroatoms. The van der Waals surface area contributed by atoms with E-state index in [1.54, 1.807) is 35.4 Å². The van der Waals surface area contributed by atoms with E-state index < -0.39 is 10.0 Å².